The SMILES string of the molecule is CCn1ccc(Cn2ccnc2C(O)c2ccccc2)n1. The van der Waals surface area contributed by atoms with E-state index in [-0.39, 0.29) is 0 Å². The van der Waals surface area contributed by atoms with E-state index in [2.05, 4.69) is 17.0 Å². The van der Waals surface area contributed by atoms with Crippen molar-refractivity contribution in [1.82, 2.24) is 19.3 Å². The molecule has 3 rings (SSSR count). The van der Waals surface area contributed by atoms with Gasteiger partial charge in [0.2, 0.25) is 0 Å². The fourth-order valence-corrected chi connectivity index (χ4v) is 2.33. The van der Waals surface area contributed by atoms with Crippen molar-refractivity contribution in [2.24, 2.45) is 0 Å². The van der Waals surface area contributed by atoms with Crippen LogP contribution in [0.25, 0.3) is 0 Å². The lowest BCUT2D eigenvalue weighted by atomic mass is 10.1. The first-order valence-electron chi connectivity index (χ1n) is 7.04. The first-order chi connectivity index (χ1) is 10.3. The largest absolute Gasteiger partial charge is 0.380 e. The average molecular weight is 282 g/mol. The van der Waals surface area contributed by atoms with Crippen molar-refractivity contribution in [2.45, 2.75) is 26.1 Å². The van der Waals surface area contributed by atoms with E-state index in [1.807, 2.05) is 58.0 Å². The molecule has 0 aliphatic rings. The van der Waals surface area contributed by atoms with Crippen molar-refractivity contribution >= 4 is 0 Å². The van der Waals surface area contributed by atoms with Crippen molar-refractivity contribution in [3.63, 3.8) is 0 Å². The molecule has 3 aromatic rings. The van der Waals surface area contributed by atoms with Gasteiger partial charge in [-0.05, 0) is 18.6 Å². The van der Waals surface area contributed by atoms with Gasteiger partial charge in [0, 0.05) is 25.1 Å². The maximum absolute atomic E-state index is 10.5. The van der Waals surface area contributed by atoms with Gasteiger partial charge in [0.25, 0.3) is 0 Å². The standard InChI is InChI=1S/C16H18N4O/c1-2-20-10-8-14(18-20)12-19-11-9-17-16(19)15(21)13-6-4-3-5-7-13/h3-11,15,21H,2,12H2,1H3. The lowest BCUT2D eigenvalue weighted by molar-refractivity contribution is 0.205. The van der Waals surface area contributed by atoms with Crippen LogP contribution in [0.4, 0.5) is 0 Å². The Labute approximate surface area is 123 Å². The minimum Gasteiger partial charge on any atom is -0.380 e. The Morgan fingerprint density at radius 3 is 2.67 bits per heavy atom. The number of hydrogen-bond donors (Lipinski definition) is 1. The average Bonchev–Trinajstić information content (AvgIpc) is 3.17. The molecule has 1 N–H and O–H groups in total. The molecule has 2 aromatic heterocycles. The minimum absolute atomic E-state index is 0.603. The molecule has 108 valence electrons. The summed E-state index contributed by atoms with van der Waals surface area (Å²) in [5.41, 5.74) is 1.79. The summed E-state index contributed by atoms with van der Waals surface area (Å²) in [6.45, 7) is 3.51. The topological polar surface area (TPSA) is 55.9 Å². The highest BCUT2D eigenvalue weighted by atomic mass is 16.3. The predicted octanol–water partition coefficient (Wildman–Crippen LogP) is 2.23. The molecular weight excluding hydrogens is 264 g/mol. The van der Waals surface area contributed by atoms with Crippen LogP contribution >= 0.6 is 0 Å². The predicted molar refractivity (Wildman–Crippen MR) is 79.7 cm³/mol. The summed E-state index contributed by atoms with van der Waals surface area (Å²) in [6.07, 6.45) is 4.80. The van der Waals surface area contributed by atoms with Gasteiger partial charge in [0.15, 0.2) is 0 Å². The molecule has 0 aliphatic carbocycles. The van der Waals surface area contributed by atoms with Crippen LogP contribution in [0.2, 0.25) is 0 Å². The van der Waals surface area contributed by atoms with Crippen LogP contribution in [-0.2, 0) is 13.1 Å². The van der Waals surface area contributed by atoms with Gasteiger partial charge in [-0.2, -0.15) is 5.10 Å². The molecule has 0 aliphatic heterocycles. The normalized spacial score (nSPS) is 12.5. The number of aliphatic hydroxyl groups is 1. The molecule has 2 heterocycles. The van der Waals surface area contributed by atoms with Crippen LogP contribution in [0.1, 0.15) is 30.1 Å². The minimum atomic E-state index is -0.727. The molecule has 0 saturated heterocycles. The second kappa shape index (κ2) is 5.93. The molecule has 5 nitrogen and oxygen atoms in total. The molecule has 0 spiro atoms. The Morgan fingerprint density at radius 2 is 1.95 bits per heavy atom. The summed E-state index contributed by atoms with van der Waals surface area (Å²) >= 11 is 0. The molecule has 0 bridgehead atoms. The monoisotopic (exact) mass is 282 g/mol. The van der Waals surface area contributed by atoms with Crippen molar-refractivity contribution < 1.29 is 5.11 Å². The molecule has 21 heavy (non-hydrogen) atoms. The molecule has 1 aromatic carbocycles. The molecule has 0 amide bonds. The van der Waals surface area contributed by atoms with E-state index in [9.17, 15) is 5.11 Å². The van der Waals surface area contributed by atoms with Crippen molar-refractivity contribution in [2.75, 3.05) is 0 Å². The molecular formula is C16H18N4O. The molecule has 0 radical (unpaired) electrons. The third-order valence-corrected chi connectivity index (χ3v) is 3.46. The summed E-state index contributed by atoms with van der Waals surface area (Å²) in [6, 6.07) is 11.5. The van der Waals surface area contributed by atoms with Gasteiger partial charge in [-0.25, -0.2) is 4.98 Å². The Morgan fingerprint density at radius 1 is 1.14 bits per heavy atom. The summed E-state index contributed by atoms with van der Waals surface area (Å²) in [5, 5.41) is 14.9. The van der Waals surface area contributed by atoms with E-state index in [4.69, 9.17) is 0 Å². The number of nitrogens with zero attached hydrogens (tertiary/aromatic N) is 4. The van der Waals surface area contributed by atoms with Gasteiger partial charge < -0.3 is 9.67 Å². The summed E-state index contributed by atoms with van der Waals surface area (Å²) in [5.74, 6) is 0.632. The maximum atomic E-state index is 10.5. The summed E-state index contributed by atoms with van der Waals surface area (Å²) < 4.78 is 3.82. The van der Waals surface area contributed by atoms with E-state index in [1.165, 1.54) is 0 Å². The van der Waals surface area contributed by atoms with E-state index in [0.717, 1.165) is 17.8 Å². The van der Waals surface area contributed by atoms with Gasteiger partial charge in [0.1, 0.15) is 11.9 Å². The number of imidazole rings is 1. The molecule has 0 saturated carbocycles. The quantitative estimate of drug-likeness (QED) is 0.780. The third kappa shape index (κ3) is 2.87. The Hall–Kier alpha value is -2.40. The van der Waals surface area contributed by atoms with Crippen molar-refractivity contribution in [1.29, 1.82) is 0 Å². The van der Waals surface area contributed by atoms with Crippen LogP contribution in [-0.4, -0.2) is 24.4 Å². The van der Waals surface area contributed by atoms with Crippen molar-refractivity contribution in [3.05, 3.63) is 72.1 Å². The highest BCUT2D eigenvalue weighted by Gasteiger charge is 2.16. The Balaban J connectivity index is 1.83. The second-order valence-electron chi connectivity index (χ2n) is 4.89. The second-order valence-corrected chi connectivity index (χ2v) is 4.89. The van der Waals surface area contributed by atoms with Gasteiger partial charge in [-0.3, -0.25) is 4.68 Å². The van der Waals surface area contributed by atoms with Gasteiger partial charge in [-0.15, -0.1) is 0 Å². The fraction of sp³-hybridized carbons (Fsp3) is 0.250. The van der Waals surface area contributed by atoms with Gasteiger partial charge in [0.05, 0.1) is 12.2 Å². The lowest BCUT2D eigenvalue weighted by Crippen LogP contribution is -2.11. The number of aryl methyl sites for hydroxylation is 1. The summed E-state index contributed by atoms with van der Waals surface area (Å²) in [4.78, 5) is 4.29. The first kappa shape index (κ1) is 13.6. The van der Waals surface area contributed by atoms with E-state index >= 15 is 0 Å². The van der Waals surface area contributed by atoms with E-state index in [0.29, 0.717) is 12.4 Å². The molecule has 1 atom stereocenters. The van der Waals surface area contributed by atoms with Crippen LogP contribution in [0.3, 0.4) is 0 Å². The zero-order valence-electron chi connectivity index (χ0n) is 11.9. The third-order valence-electron chi connectivity index (χ3n) is 3.46. The highest BCUT2D eigenvalue weighted by molar-refractivity contribution is 5.23. The number of hydrogen-bond acceptors (Lipinski definition) is 3. The van der Waals surface area contributed by atoms with Gasteiger partial charge in [-0.1, -0.05) is 30.3 Å². The Bertz CT molecular complexity index is 702. The number of aromatic nitrogens is 4. The number of benzene rings is 1. The van der Waals surface area contributed by atoms with Crippen molar-refractivity contribution in [3.8, 4) is 0 Å². The molecule has 0 fully saturated rings. The summed E-state index contributed by atoms with van der Waals surface area (Å²) in [7, 11) is 0. The van der Waals surface area contributed by atoms with E-state index < -0.39 is 6.10 Å². The smallest absolute Gasteiger partial charge is 0.142 e. The van der Waals surface area contributed by atoms with E-state index in [1.54, 1.807) is 6.20 Å². The van der Waals surface area contributed by atoms with Crippen LogP contribution in [0.5, 0.6) is 0 Å². The lowest BCUT2D eigenvalue weighted by Gasteiger charge is -2.12. The molecule has 1 unspecified atom stereocenters. The maximum Gasteiger partial charge on any atom is 0.142 e. The van der Waals surface area contributed by atoms with Gasteiger partial charge >= 0.3 is 0 Å². The first-order valence-corrected chi connectivity index (χ1v) is 7.04. The fourth-order valence-electron chi connectivity index (χ4n) is 2.33. The Kier molecular flexibility index (Phi) is 3.83. The number of aliphatic hydroxyl groups excluding tert-OH is 1. The zero-order chi connectivity index (χ0) is 14.7. The van der Waals surface area contributed by atoms with Crippen LogP contribution in [0, 0.1) is 0 Å². The zero-order valence-corrected chi connectivity index (χ0v) is 11.9. The van der Waals surface area contributed by atoms with Crippen LogP contribution in [0.15, 0.2) is 55.0 Å². The molecule has 5 heteroatoms. The van der Waals surface area contributed by atoms with Crippen LogP contribution < -0.4 is 0 Å². The number of rotatable bonds is 5. The highest BCUT2D eigenvalue weighted by Crippen LogP contribution is 2.20.